The Hall–Kier alpha value is -3.00. The van der Waals surface area contributed by atoms with Crippen molar-refractivity contribution in [1.29, 1.82) is 0 Å². The summed E-state index contributed by atoms with van der Waals surface area (Å²) in [6.45, 7) is 12.1. The summed E-state index contributed by atoms with van der Waals surface area (Å²) in [5, 5.41) is 16.5. The number of fused-ring (bicyclic) bond motifs is 1. The molecule has 1 N–H and O–H groups in total. The molecule has 1 amide bonds. The third kappa shape index (κ3) is 4.69. The van der Waals surface area contributed by atoms with Crippen LogP contribution in [0.1, 0.15) is 56.4 Å². The van der Waals surface area contributed by atoms with E-state index in [1.807, 2.05) is 55.1 Å². The number of morpholine rings is 1. The number of nitrogens with one attached hydrogen (secondary N) is 1. The van der Waals surface area contributed by atoms with Crippen LogP contribution < -0.4 is 5.32 Å². The first-order chi connectivity index (χ1) is 14.7. The molecule has 31 heavy (non-hydrogen) atoms. The SMILES string of the molecule is CC1CN(C(=O)c2ccc(CNc3ccc4nnc(C(C)(C)C)n4n3)cc2)CC(C)O1. The van der Waals surface area contributed by atoms with E-state index in [9.17, 15) is 4.79 Å². The minimum atomic E-state index is -0.149. The van der Waals surface area contributed by atoms with Crippen LogP contribution in [0.5, 0.6) is 0 Å². The van der Waals surface area contributed by atoms with Gasteiger partial charge >= 0.3 is 0 Å². The number of aromatic nitrogens is 4. The first kappa shape index (κ1) is 21.2. The first-order valence-corrected chi connectivity index (χ1v) is 10.7. The number of hydrogen-bond acceptors (Lipinski definition) is 6. The lowest BCUT2D eigenvalue weighted by atomic mass is 9.96. The number of nitrogens with zero attached hydrogens (tertiary/aromatic N) is 5. The van der Waals surface area contributed by atoms with E-state index in [0.29, 0.717) is 25.2 Å². The van der Waals surface area contributed by atoms with Gasteiger partial charge in [-0.3, -0.25) is 4.79 Å². The predicted octanol–water partition coefficient (Wildman–Crippen LogP) is 3.28. The van der Waals surface area contributed by atoms with Gasteiger partial charge in [0.05, 0.1) is 12.2 Å². The monoisotopic (exact) mass is 422 g/mol. The average molecular weight is 423 g/mol. The van der Waals surface area contributed by atoms with Gasteiger partial charge in [-0.1, -0.05) is 32.9 Å². The van der Waals surface area contributed by atoms with E-state index in [4.69, 9.17) is 4.74 Å². The molecule has 0 radical (unpaired) electrons. The maximum atomic E-state index is 12.8. The summed E-state index contributed by atoms with van der Waals surface area (Å²) in [6, 6.07) is 11.5. The normalized spacial score (nSPS) is 19.6. The van der Waals surface area contributed by atoms with Gasteiger partial charge in [0, 0.05) is 30.6 Å². The van der Waals surface area contributed by atoms with Crippen LogP contribution in [0.2, 0.25) is 0 Å². The largest absolute Gasteiger partial charge is 0.372 e. The van der Waals surface area contributed by atoms with E-state index in [1.54, 1.807) is 4.52 Å². The number of carbonyl (C=O) groups is 1. The van der Waals surface area contributed by atoms with Crippen molar-refractivity contribution in [2.75, 3.05) is 18.4 Å². The van der Waals surface area contributed by atoms with E-state index in [2.05, 4.69) is 41.4 Å². The van der Waals surface area contributed by atoms with Crippen LogP contribution in [0.25, 0.3) is 5.65 Å². The van der Waals surface area contributed by atoms with Crippen molar-refractivity contribution in [3.05, 3.63) is 53.3 Å². The Labute approximate surface area is 182 Å². The van der Waals surface area contributed by atoms with E-state index in [1.165, 1.54) is 0 Å². The van der Waals surface area contributed by atoms with Crippen molar-refractivity contribution in [2.45, 2.75) is 58.8 Å². The van der Waals surface area contributed by atoms with Gasteiger partial charge in [-0.2, -0.15) is 4.52 Å². The fourth-order valence-corrected chi connectivity index (χ4v) is 3.83. The zero-order chi connectivity index (χ0) is 22.2. The number of rotatable bonds is 4. The van der Waals surface area contributed by atoms with Crippen molar-refractivity contribution in [3.8, 4) is 0 Å². The van der Waals surface area contributed by atoms with Crippen LogP contribution in [0.15, 0.2) is 36.4 Å². The molecular weight excluding hydrogens is 392 g/mol. The highest BCUT2D eigenvalue weighted by Crippen LogP contribution is 2.21. The van der Waals surface area contributed by atoms with Crippen LogP contribution in [-0.2, 0) is 16.7 Å². The zero-order valence-electron chi connectivity index (χ0n) is 18.8. The summed E-state index contributed by atoms with van der Waals surface area (Å²) < 4.78 is 7.51. The van der Waals surface area contributed by atoms with Gasteiger partial charge in [-0.15, -0.1) is 15.3 Å². The number of amides is 1. The molecule has 4 rings (SSSR count). The minimum Gasteiger partial charge on any atom is -0.372 e. The topological polar surface area (TPSA) is 84.7 Å². The van der Waals surface area contributed by atoms with Crippen molar-refractivity contribution < 1.29 is 9.53 Å². The Morgan fingerprint density at radius 2 is 1.74 bits per heavy atom. The molecular formula is C23H30N6O2. The van der Waals surface area contributed by atoms with Crippen LogP contribution in [0, 0.1) is 0 Å². The maximum absolute atomic E-state index is 12.8. The van der Waals surface area contributed by atoms with Crippen molar-refractivity contribution in [3.63, 3.8) is 0 Å². The smallest absolute Gasteiger partial charge is 0.254 e. The lowest BCUT2D eigenvalue weighted by Gasteiger charge is -2.35. The minimum absolute atomic E-state index is 0.0518. The van der Waals surface area contributed by atoms with Gasteiger partial charge in [0.2, 0.25) is 0 Å². The summed E-state index contributed by atoms with van der Waals surface area (Å²) in [5.41, 5.74) is 2.35. The lowest BCUT2D eigenvalue weighted by molar-refractivity contribution is -0.0586. The van der Waals surface area contributed by atoms with E-state index in [0.717, 1.165) is 22.9 Å². The molecule has 1 saturated heterocycles. The molecule has 1 aliphatic rings. The highest BCUT2D eigenvalue weighted by molar-refractivity contribution is 5.94. The van der Waals surface area contributed by atoms with Gasteiger partial charge in [-0.25, -0.2) is 0 Å². The zero-order valence-corrected chi connectivity index (χ0v) is 18.8. The molecule has 0 saturated carbocycles. The molecule has 164 valence electrons. The van der Waals surface area contributed by atoms with E-state index < -0.39 is 0 Å². The Morgan fingerprint density at radius 3 is 2.39 bits per heavy atom. The molecule has 8 heteroatoms. The second kappa shape index (κ2) is 8.26. The van der Waals surface area contributed by atoms with Gasteiger partial charge in [0.1, 0.15) is 5.82 Å². The Bertz CT molecular complexity index is 1060. The summed E-state index contributed by atoms with van der Waals surface area (Å²) in [5.74, 6) is 1.62. The number of benzene rings is 1. The van der Waals surface area contributed by atoms with Crippen LogP contribution in [0.3, 0.4) is 0 Å². The summed E-state index contributed by atoms with van der Waals surface area (Å²) in [6.07, 6.45) is 0.121. The molecule has 0 spiro atoms. The fraction of sp³-hybridized carbons (Fsp3) is 0.478. The summed E-state index contributed by atoms with van der Waals surface area (Å²) in [7, 11) is 0. The third-order valence-corrected chi connectivity index (χ3v) is 5.31. The molecule has 8 nitrogen and oxygen atoms in total. The number of hydrogen-bond donors (Lipinski definition) is 1. The molecule has 0 aliphatic carbocycles. The second-order valence-corrected chi connectivity index (χ2v) is 9.28. The molecule has 2 atom stereocenters. The molecule has 3 aromatic rings. The maximum Gasteiger partial charge on any atom is 0.254 e. The Balaban J connectivity index is 1.42. The second-order valence-electron chi connectivity index (χ2n) is 9.28. The number of anilines is 1. The molecule has 1 aromatic carbocycles. The first-order valence-electron chi connectivity index (χ1n) is 10.7. The van der Waals surface area contributed by atoms with Crippen LogP contribution in [0.4, 0.5) is 5.82 Å². The fourth-order valence-electron chi connectivity index (χ4n) is 3.83. The van der Waals surface area contributed by atoms with Crippen molar-refractivity contribution >= 4 is 17.4 Å². The van der Waals surface area contributed by atoms with Crippen LogP contribution in [-0.4, -0.2) is 55.9 Å². The summed E-state index contributed by atoms with van der Waals surface area (Å²) >= 11 is 0. The van der Waals surface area contributed by atoms with Gasteiger partial charge in [-0.05, 0) is 43.7 Å². The quantitative estimate of drug-likeness (QED) is 0.695. The average Bonchev–Trinajstić information content (AvgIpc) is 3.15. The predicted molar refractivity (Wildman–Crippen MR) is 119 cm³/mol. The van der Waals surface area contributed by atoms with Crippen LogP contribution >= 0.6 is 0 Å². The van der Waals surface area contributed by atoms with E-state index >= 15 is 0 Å². The standard InChI is InChI=1S/C23H30N6O2/c1-15-13-28(14-16(2)31-15)21(30)18-8-6-17(7-9-18)12-24-19-10-11-20-25-26-22(23(3,4)5)29(20)27-19/h6-11,15-16H,12-14H2,1-5H3,(H,24,27). The van der Waals surface area contributed by atoms with Gasteiger partial charge in [0.15, 0.2) is 11.5 Å². The van der Waals surface area contributed by atoms with Crippen molar-refractivity contribution in [2.24, 2.45) is 0 Å². The molecule has 3 heterocycles. The van der Waals surface area contributed by atoms with Gasteiger partial charge in [0.25, 0.3) is 5.91 Å². The molecule has 2 unspecified atom stereocenters. The van der Waals surface area contributed by atoms with Gasteiger partial charge < -0.3 is 15.0 Å². The summed E-state index contributed by atoms with van der Waals surface area (Å²) in [4.78, 5) is 14.7. The third-order valence-electron chi connectivity index (χ3n) is 5.31. The Morgan fingerprint density at radius 1 is 1.06 bits per heavy atom. The highest BCUT2D eigenvalue weighted by Gasteiger charge is 2.26. The molecule has 1 fully saturated rings. The number of ether oxygens (including phenoxy) is 1. The number of carbonyl (C=O) groups excluding carboxylic acids is 1. The lowest BCUT2D eigenvalue weighted by Crippen LogP contribution is -2.48. The molecule has 1 aliphatic heterocycles. The highest BCUT2D eigenvalue weighted by atomic mass is 16.5. The molecule has 2 aromatic heterocycles. The van der Waals surface area contributed by atoms with Crippen molar-refractivity contribution in [1.82, 2.24) is 24.7 Å². The molecule has 0 bridgehead atoms. The Kier molecular flexibility index (Phi) is 5.66. The van der Waals surface area contributed by atoms with E-state index in [-0.39, 0.29) is 23.5 Å².